The van der Waals surface area contributed by atoms with E-state index in [4.69, 9.17) is 0 Å². The van der Waals surface area contributed by atoms with Crippen LogP contribution in [0, 0.1) is 0 Å². The van der Waals surface area contributed by atoms with Crippen LogP contribution in [0.2, 0.25) is 0 Å². The number of aromatic carboxylic acids is 1. The number of aromatic amines is 1. The number of H-pyrrole nitrogens is 1. The molecule has 0 aliphatic rings. The van der Waals surface area contributed by atoms with E-state index in [1.165, 1.54) is 16.8 Å². The number of carboxylic acid groups (broad SMARTS) is 1. The number of pyridine rings is 1. The van der Waals surface area contributed by atoms with Crippen LogP contribution in [0.15, 0.2) is 65.8 Å². The molecule has 28 heavy (non-hydrogen) atoms. The van der Waals surface area contributed by atoms with Crippen molar-refractivity contribution < 1.29 is 9.90 Å². The van der Waals surface area contributed by atoms with Gasteiger partial charge in [-0.3, -0.25) is 4.40 Å². The molecule has 0 atom stereocenters. The summed E-state index contributed by atoms with van der Waals surface area (Å²) in [5.41, 5.74) is 1.83. The zero-order valence-corrected chi connectivity index (χ0v) is 14.3. The average molecular weight is 372 g/mol. The molecule has 5 rings (SSSR count). The molecule has 0 unspecified atom stereocenters. The summed E-state index contributed by atoms with van der Waals surface area (Å²) in [4.78, 5) is 40.0. The van der Waals surface area contributed by atoms with E-state index in [9.17, 15) is 14.7 Å². The number of benzene rings is 1. The Hall–Kier alpha value is -4.27. The Kier molecular flexibility index (Phi) is 3.35. The van der Waals surface area contributed by atoms with E-state index in [1.807, 2.05) is 28.8 Å². The maximum Gasteiger partial charge on any atom is 0.337 e. The van der Waals surface area contributed by atoms with Gasteiger partial charge in [-0.1, -0.05) is 18.2 Å². The predicted octanol–water partition coefficient (Wildman–Crippen LogP) is 2.12. The molecule has 4 aromatic heterocycles. The number of para-hydroxylation sites is 1. The lowest BCUT2D eigenvalue weighted by Crippen LogP contribution is -2.18. The first-order valence-electron chi connectivity index (χ1n) is 8.36. The largest absolute Gasteiger partial charge is 0.478 e. The van der Waals surface area contributed by atoms with Crippen LogP contribution >= 0.6 is 0 Å². The number of hydrogen-bond donors (Lipinski definition) is 2. The Bertz CT molecular complexity index is 1430. The summed E-state index contributed by atoms with van der Waals surface area (Å²) in [5, 5.41) is 9.48. The van der Waals surface area contributed by atoms with Gasteiger partial charge in [-0.2, -0.15) is 0 Å². The Labute approximate surface area is 156 Å². The van der Waals surface area contributed by atoms with Gasteiger partial charge in [-0.15, -0.1) is 0 Å². The second-order valence-electron chi connectivity index (χ2n) is 6.09. The summed E-state index contributed by atoms with van der Waals surface area (Å²) in [6, 6.07) is 11.9. The highest BCUT2D eigenvalue weighted by atomic mass is 16.4. The Balaban J connectivity index is 1.79. The van der Waals surface area contributed by atoms with Crippen LogP contribution in [0.5, 0.6) is 0 Å². The van der Waals surface area contributed by atoms with Gasteiger partial charge in [0.1, 0.15) is 16.9 Å². The minimum Gasteiger partial charge on any atom is -0.478 e. The van der Waals surface area contributed by atoms with Crippen molar-refractivity contribution in [2.75, 3.05) is 0 Å². The number of rotatable bonds is 3. The molecule has 9 heteroatoms. The number of carbonyl (C=O) groups is 1. The Morgan fingerprint density at radius 1 is 1.04 bits per heavy atom. The van der Waals surface area contributed by atoms with Crippen molar-refractivity contribution >= 4 is 22.8 Å². The van der Waals surface area contributed by atoms with Crippen molar-refractivity contribution in [3.8, 4) is 17.2 Å². The van der Waals surface area contributed by atoms with E-state index >= 15 is 0 Å². The molecule has 5 aromatic rings. The molecule has 136 valence electrons. The number of carboxylic acids is 1. The number of nitrogens with one attached hydrogen (secondary N) is 1. The van der Waals surface area contributed by atoms with E-state index in [0.29, 0.717) is 17.0 Å². The third-order valence-corrected chi connectivity index (χ3v) is 4.45. The van der Waals surface area contributed by atoms with Crippen LogP contribution < -0.4 is 5.69 Å². The first kappa shape index (κ1) is 15.9. The molecular formula is C19H12N6O3. The normalized spacial score (nSPS) is 11.3. The Morgan fingerprint density at radius 3 is 2.71 bits per heavy atom. The van der Waals surface area contributed by atoms with Gasteiger partial charge in [0, 0.05) is 6.20 Å². The molecule has 0 aliphatic carbocycles. The van der Waals surface area contributed by atoms with Crippen LogP contribution in [0.1, 0.15) is 10.4 Å². The summed E-state index contributed by atoms with van der Waals surface area (Å²) in [5.74, 6) is -0.764. The maximum atomic E-state index is 12.6. The first-order chi connectivity index (χ1) is 13.6. The summed E-state index contributed by atoms with van der Waals surface area (Å²) < 4.78 is 3.08. The van der Waals surface area contributed by atoms with Crippen molar-refractivity contribution in [2.24, 2.45) is 0 Å². The fraction of sp³-hybridized carbons (Fsp3) is 0. The van der Waals surface area contributed by atoms with E-state index in [-0.39, 0.29) is 16.9 Å². The number of aromatic nitrogens is 6. The molecule has 4 heterocycles. The second kappa shape index (κ2) is 5.88. The van der Waals surface area contributed by atoms with E-state index < -0.39 is 11.7 Å². The summed E-state index contributed by atoms with van der Waals surface area (Å²) in [6.07, 6.45) is 4.99. The zero-order valence-electron chi connectivity index (χ0n) is 14.3. The van der Waals surface area contributed by atoms with Gasteiger partial charge >= 0.3 is 11.7 Å². The smallest absolute Gasteiger partial charge is 0.337 e. The van der Waals surface area contributed by atoms with Gasteiger partial charge < -0.3 is 10.1 Å². The molecule has 0 amide bonds. The lowest BCUT2D eigenvalue weighted by Gasteiger charge is -2.07. The van der Waals surface area contributed by atoms with Gasteiger partial charge in [-0.25, -0.2) is 29.1 Å². The van der Waals surface area contributed by atoms with Gasteiger partial charge in [0.05, 0.1) is 23.6 Å². The molecular weight excluding hydrogens is 360 g/mol. The van der Waals surface area contributed by atoms with Crippen molar-refractivity contribution in [2.45, 2.75) is 0 Å². The molecule has 0 spiro atoms. The zero-order chi connectivity index (χ0) is 19.3. The van der Waals surface area contributed by atoms with Gasteiger partial charge in [0.25, 0.3) is 0 Å². The summed E-state index contributed by atoms with van der Waals surface area (Å²) >= 11 is 0. The van der Waals surface area contributed by atoms with E-state index in [2.05, 4.69) is 19.9 Å². The third kappa shape index (κ3) is 2.30. The fourth-order valence-electron chi connectivity index (χ4n) is 3.19. The topological polar surface area (TPSA) is 118 Å². The van der Waals surface area contributed by atoms with Crippen LogP contribution in [-0.4, -0.2) is 40.0 Å². The van der Waals surface area contributed by atoms with Gasteiger partial charge in [0.15, 0.2) is 11.5 Å². The highest BCUT2D eigenvalue weighted by molar-refractivity contribution is 5.92. The molecule has 0 bridgehead atoms. The molecule has 1 aromatic carbocycles. The van der Waals surface area contributed by atoms with Gasteiger partial charge in [-0.05, 0) is 24.3 Å². The number of nitrogens with zero attached hydrogens (tertiary/aromatic N) is 5. The van der Waals surface area contributed by atoms with Crippen LogP contribution in [0.4, 0.5) is 0 Å². The SMILES string of the molecule is O=C(O)c1ccccc1-n1c(=O)[nH]c2cnc(-c3cnc4ccccn34)nc21. The summed E-state index contributed by atoms with van der Waals surface area (Å²) in [7, 11) is 0. The van der Waals surface area contributed by atoms with Crippen molar-refractivity contribution in [3.63, 3.8) is 0 Å². The number of fused-ring (bicyclic) bond motifs is 2. The minimum absolute atomic E-state index is 0.000430. The Morgan fingerprint density at radius 2 is 1.86 bits per heavy atom. The second-order valence-corrected chi connectivity index (χ2v) is 6.09. The molecule has 0 saturated carbocycles. The van der Waals surface area contributed by atoms with Crippen molar-refractivity contribution in [3.05, 3.63) is 77.1 Å². The lowest BCUT2D eigenvalue weighted by molar-refractivity contribution is 0.0697. The van der Waals surface area contributed by atoms with E-state index in [1.54, 1.807) is 24.4 Å². The number of hydrogen-bond acceptors (Lipinski definition) is 5. The molecule has 0 radical (unpaired) electrons. The summed E-state index contributed by atoms with van der Waals surface area (Å²) in [6.45, 7) is 0. The quantitative estimate of drug-likeness (QED) is 0.501. The molecule has 0 saturated heterocycles. The highest BCUT2D eigenvalue weighted by Gasteiger charge is 2.18. The molecule has 2 N–H and O–H groups in total. The predicted molar refractivity (Wildman–Crippen MR) is 101 cm³/mol. The lowest BCUT2D eigenvalue weighted by atomic mass is 10.2. The monoisotopic (exact) mass is 372 g/mol. The molecule has 0 fully saturated rings. The maximum absolute atomic E-state index is 12.6. The average Bonchev–Trinajstić information content (AvgIpc) is 3.27. The number of imidazole rings is 2. The van der Waals surface area contributed by atoms with Crippen LogP contribution in [0.25, 0.3) is 34.0 Å². The minimum atomic E-state index is -1.13. The highest BCUT2D eigenvalue weighted by Crippen LogP contribution is 2.21. The van der Waals surface area contributed by atoms with Crippen molar-refractivity contribution in [1.82, 2.24) is 28.9 Å². The first-order valence-corrected chi connectivity index (χ1v) is 8.36. The van der Waals surface area contributed by atoms with Crippen molar-refractivity contribution in [1.29, 1.82) is 0 Å². The fourth-order valence-corrected chi connectivity index (χ4v) is 3.19. The van der Waals surface area contributed by atoms with Gasteiger partial charge in [0.2, 0.25) is 0 Å². The van der Waals surface area contributed by atoms with Crippen LogP contribution in [-0.2, 0) is 0 Å². The third-order valence-electron chi connectivity index (χ3n) is 4.45. The van der Waals surface area contributed by atoms with E-state index in [0.717, 1.165) is 5.65 Å². The molecule has 0 aliphatic heterocycles. The molecule has 9 nitrogen and oxygen atoms in total. The standard InChI is InChI=1S/C19H12N6O3/c26-18(27)11-5-1-2-6-13(11)25-17-12(22-19(25)28)9-21-16(23-17)14-10-20-15-7-3-4-8-24(14)15/h1-10H,(H,22,28)(H,26,27). The van der Waals surface area contributed by atoms with Crippen LogP contribution in [0.3, 0.4) is 0 Å².